The van der Waals surface area contributed by atoms with Crippen molar-refractivity contribution in [2.24, 2.45) is 0 Å². The number of hydrogen-bond donors (Lipinski definition) is 0. The van der Waals surface area contributed by atoms with Gasteiger partial charge in [0.2, 0.25) is 0 Å². The highest BCUT2D eigenvalue weighted by Gasteiger charge is 2.41. The van der Waals surface area contributed by atoms with Gasteiger partial charge in [0.05, 0.1) is 11.2 Å². The van der Waals surface area contributed by atoms with Crippen LogP contribution in [0, 0.1) is 0 Å². The van der Waals surface area contributed by atoms with Crippen LogP contribution in [0.1, 0.15) is 42.2 Å². The van der Waals surface area contributed by atoms with Crippen LogP contribution in [-0.4, -0.2) is 4.98 Å². The topological polar surface area (TPSA) is 12.9 Å². The molecule has 1 fully saturated rings. The van der Waals surface area contributed by atoms with E-state index in [-0.39, 0.29) is 0 Å². The SMILES string of the molecule is c1ccc(-c2nc3cc4c5cccc6cccc(c7cccc(c3c3c2C2CCC3C2)c74)c65)cc1. The van der Waals surface area contributed by atoms with E-state index < -0.39 is 0 Å². The molecule has 2 aliphatic rings. The number of aromatic nitrogens is 1. The van der Waals surface area contributed by atoms with Gasteiger partial charge in [0.25, 0.3) is 0 Å². The normalized spacial score (nSPS) is 19.1. The number of hydrogen-bond acceptors (Lipinski definition) is 1. The minimum atomic E-state index is 0.655. The molecular weight excluding hydrogens is 422 g/mol. The first-order chi connectivity index (χ1) is 17.4. The number of fused-ring (bicyclic) bond motifs is 10. The molecule has 0 aliphatic heterocycles. The average Bonchev–Trinajstić information content (AvgIpc) is 3.54. The van der Waals surface area contributed by atoms with Gasteiger partial charge in [-0.15, -0.1) is 0 Å². The average molecular weight is 446 g/mol. The Morgan fingerprint density at radius 1 is 0.543 bits per heavy atom. The lowest BCUT2D eigenvalue weighted by molar-refractivity contribution is 0.721. The van der Waals surface area contributed by atoms with Crippen molar-refractivity contribution in [2.75, 3.05) is 0 Å². The van der Waals surface area contributed by atoms with Gasteiger partial charge in [0, 0.05) is 10.9 Å². The first-order valence-corrected chi connectivity index (χ1v) is 12.9. The monoisotopic (exact) mass is 445 g/mol. The standard InChI is InChI=1S/C34H23N/c1-2-7-20(8-3-1)34-31-22-16-15-21(17-22)30(31)33-26-14-6-13-24-23-11-4-9-19-10-5-12-25(29(19)23)27(32(24)26)18-28(33)35-34/h1-14,18,21-22H,15-17H2. The molecule has 1 saturated carbocycles. The Morgan fingerprint density at radius 2 is 1.20 bits per heavy atom. The van der Waals surface area contributed by atoms with Gasteiger partial charge in [0.15, 0.2) is 0 Å². The zero-order valence-corrected chi connectivity index (χ0v) is 19.4. The fraction of sp³-hybridized carbons (Fsp3) is 0.147. The number of benzene rings is 6. The van der Waals surface area contributed by atoms with Gasteiger partial charge in [-0.1, -0.05) is 84.9 Å². The van der Waals surface area contributed by atoms with Gasteiger partial charge in [-0.2, -0.15) is 0 Å². The Hall–Kier alpha value is -3.97. The first kappa shape index (κ1) is 18.4. The minimum absolute atomic E-state index is 0.655. The Labute approximate surface area is 203 Å². The van der Waals surface area contributed by atoms with Crippen LogP contribution in [-0.2, 0) is 0 Å². The summed E-state index contributed by atoms with van der Waals surface area (Å²) in [5.74, 6) is 1.32. The molecule has 1 heteroatoms. The van der Waals surface area contributed by atoms with Gasteiger partial charge in [0.1, 0.15) is 0 Å². The van der Waals surface area contributed by atoms with E-state index in [4.69, 9.17) is 4.98 Å². The number of rotatable bonds is 1. The molecule has 2 bridgehead atoms. The van der Waals surface area contributed by atoms with Crippen molar-refractivity contribution >= 4 is 54.0 Å². The van der Waals surface area contributed by atoms with Crippen LogP contribution in [0.5, 0.6) is 0 Å². The third-order valence-electron chi connectivity index (χ3n) is 8.97. The quantitative estimate of drug-likeness (QED) is 0.181. The second-order valence-corrected chi connectivity index (χ2v) is 10.6. The van der Waals surface area contributed by atoms with Gasteiger partial charge in [-0.3, -0.25) is 0 Å². The van der Waals surface area contributed by atoms with Crippen molar-refractivity contribution in [1.29, 1.82) is 0 Å². The maximum atomic E-state index is 5.47. The smallest absolute Gasteiger partial charge is 0.0747 e. The van der Waals surface area contributed by atoms with Gasteiger partial charge in [-0.25, -0.2) is 4.98 Å². The van der Waals surface area contributed by atoms with Crippen LogP contribution in [0.15, 0.2) is 91.0 Å². The van der Waals surface area contributed by atoms with E-state index in [1.54, 1.807) is 11.1 Å². The van der Waals surface area contributed by atoms with E-state index >= 15 is 0 Å². The Morgan fingerprint density at radius 3 is 2.00 bits per heavy atom. The fourth-order valence-corrected chi connectivity index (χ4v) is 7.67. The van der Waals surface area contributed by atoms with Crippen molar-refractivity contribution in [1.82, 2.24) is 4.98 Å². The molecule has 35 heavy (non-hydrogen) atoms. The largest absolute Gasteiger partial charge is 0.247 e. The molecule has 0 saturated heterocycles. The molecule has 1 heterocycles. The van der Waals surface area contributed by atoms with Crippen molar-refractivity contribution in [3.8, 4) is 11.3 Å². The molecule has 2 unspecified atom stereocenters. The zero-order valence-electron chi connectivity index (χ0n) is 19.4. The number of pyridine rings is 1. The van der Waals surface area contributed by atoms with Crippen molar-refractivity contribution in [2.45, 2.75) is 31.1 Å². The van der Waals surface area contributed by atoms with Gasteiger partial charge in [-0.05, 0) is 91.4 Å². The lowest BCUT2D eigenvalue weighted by Gasteiger charge is -2.23. The lowest BCUT2D eigenvalue weighted by Crippen LogP contribution is -2.05. The third kappa shape index (κ3) is 2.22. The van der Waals surface area contributed by atoms with Crippen molar-refractivity contribution in [3.63, 3.8) is 0 Å². The van der Waals surface area contributed by atoms with E-state index in [1.807, 2.05) is 0 Å². The van der Waals surface area contributed by atoms with Crippen molar-refractivity contribution < 1.29 is 0 Å². The molecule has 0 amide bonds. The summed E-state index contributed by atoms with van der Waals surface area (Å²) in [5, 5.41) is 12.3. The summed E-state index contributed by atoms with van der Waals surface area (Å²) in [5.41, 5.74) is 6.78. The summed E-state index contributed by atoms with van der Waals surface area (Å²) >= 11 is 0. The highest BCUT2D eigenvalue weighted by Crippen LogP contribution is 2.58. The van der Waals surface area contributed by atoms with Crippen LogP contribution >= 0.6 is 0 Å². The summed E-state index contributed by atoms with van der Waals surface area (Å²) in [4.78, 5) is 5.47. The molecule has 2 atom stereocenters. The fourth-order valence-electron chi connectivity index (χ4n) is 7.67. The van der Waals surface area contributed by atoms with Crippen LogP contribution < -0.4 is 0 Å². The minimum Gasteiger partial charge on any atom is -0.247 e. The van der Waals surface area contributed by atoms with E-state index in [9.17, 15) is 0 Å². The highest BCUT2D eigenvalue weighted by molar-refractivity contribution is 6.36. The maximum Gasteiger partial charge on any atom is 0.0747 e. The van der Waals surface area contributed by atoms with Crippen LogP contribution in [0.3, 0.4) is 0 Å². The molecule has 164 valence electrons. The first-order valence-electron chi connectivity index (χ1n) is 12.9. The Bertz CT molecular complexity index is 1980. The molecule has 7 aromatic rings. The third-order valence-corrected chi connectivity index (χ3v) is 8.97. The summed E-state index contributed by atoms with van der Waals surface area (Å²) in [7, 11) is 0. The van der Waals surface area contributed by atoms with Gasteiger partial charge < -0.3 is 0 Å². The molecule has 9 rings (SSSR count). The van der Waals surface area contributed by atoms with E-state index in [2.05, 4.69) is 91.0 Å². The number of nitrogens with zero attached hydrogens (tertiary/aromatic N) is 1. The molecule has 1 nitrogen and oxygen atoms in total. The summed E-state index contributed by atoms with van der Waals surface area (Å²) in [6, 6.07) is 33.7. The second-order valence-electron chi connectivity index (χ2n) is 10.6. The molecule has 0 radical (unpaired) electrons. The Kier molecular flexibility index (Phi) is 3.34. The Balaban J connectivity index is 1.55. The van der Waals surface area contributed by atoms with E-state index in [0.29, 0.717) is 11.8 Å². The van der Waals surface area contributed by atoms with E-state index in [1.165, 1.54) is 79.0 Å². The zero-order chi connectivity index (χ0) is 22.7. The van der Waals surface area contributed by atoms with Crippen LogP contribution in [0.4, 0.5) is 0 Å². The molecule has 0 spiro atoms. The maximum absolute atomic E-state index is 5.47. The summed E-state index contributed by atoms with van der Waals surface area (Å²) in [6.07, 6.45) is 3.92. The predicted molar refractivity (Wildman–Crippen MR) is 148 cm³/mol. The highest BCUT2D eigenvalue weighted by atomic mass is 14.7. The van der Waals surface area contributed by atoms with Crippen LogP contribution in [0.2, 0.25) is 0 Å². The molecule has 1 aromatic heterocycles. The lowest BCUT2D eigenvalue weighted by atomic mass is 9.82. The predicted octanol–water partition coefficient (Wildman–Crippen LogP) is 9.32. The second kappa shape index (κ2) is 6.37. The molecular formula is C34H23N. The van der Waals surface area contributed by atoms with Crippen LogP contribution in [0.25, 0.3) is 65.3 Å². The van der Waals surface area contributed by atoms with Crippen molar-refractivity contribution in [3.05, 3.63) is 102 Å². The summed E-state index contributed by atoms with van der Waals surface area (Å²) in [6.45, 7) is 0. The summed E-state index contributed by atoms with van der Waals surface area (Å²) < 4.78 is 0. The molecule has 0 N–H and O–H groups in total. The van der Waals surface area contributed by atoms with Gasteiger partial charge >= 0.3 is 0 Å². The van der Waals surface area contributed by atoms with E-state index in [0.717, 1.165) is 5.52 Å². The molecule has 6 aromatic carbocycles. The molecule has 2 aliphatic carbocycles.